The molecule has 0 radical (unpaired) electrons. The van der Waals surface area contributed by atoms with Crippen molar-refractivity contribution < 1.29 is 8.78 Å². The van der Waals surface area contributed by atoms with Gasteiger partial charge in [0.15, 0.2) is 5.82 Å². The van der Waals surface area contributed by atoms with Gasteiger partial charge in [0.2, 0.25) is 0 Å². The van der Waals surface area contributed by atoms with Crippen molar-refractivity contribution in [1.29, 1.82) is 0 Å². The molecule has 5 nitrogen and oxygen atoms in total. The summed E-state index contributed by atoms with van der Waals surface area (Å²) in [7, 11) is 0. The first-order valence-corrected chi connectivity index (χ1v) is 10.7. The second-order valence-corrected chi connectivity index (χ2v) is 8.14. The topological polar surface area (TPSA) is 55.6 Å². The van der Waals surface area contributed by atoms with Crippen molar-refractivity contribution in [1.82, 2.24) is 25.1 Å². The lowest BCUT2D eigenvalue weighted by Crippen LogP contribution is -2.25. The summed E-state index contributed by atoms with van der Waals surface area (Å²) in [6, 6.07) is 11.7. The molecule has 1 aliphatic carbocycles. The van der Waals surface area contributed by atoms with Crippen molar-refractivity contribution in [3.8, 4) is 17.1 Å². The SMILES string of the molecule is Cc1ccccc1-c1ncc(CNC2CCCc3c2cnn3-c2cc(F)cc(F)c2)cn1. The molecule has 0 spiro atoms. The molecule has 1 atom stereocenters. The van der Waals surface area contributed by atoms with Crippen LogP contribution in [-0.2, 0) is 13.0 Å². The largest absolute Gasteiger partial charge is 0.306 e. The number of nitrogens with one attached hydrogen (secondary N) is 1. The van der Waals surface area contributed by atoms with E-state index in [1.807, 2.05) is 43.6 Å². The zero-order valence-corrected chi connectivity index (χ0v) is 17.7. The molecule has 2 heterocycles. The molecule has 1 unspecified atom stereocenters. The van der Waals surface area contributed by atoms with Gasteiger partial charge in [-0.15, -0.1) is 0 Å². The van der Waals surface area contributed by atoms with Crippen LogP contribution in [-0.4, -0.2) is 19.7 Å². The first kappa shape index (κ1) is 20.5. The fourth-order valence-corrected chi connectivity index (χ4v) is 4.30. The summed E-state index contributed by atoms with van der Waals surface area (Å²) in [6.07, 6.45) is 8.26. The van der Waals surface area contributed by atoms with E-state index in [1.54, 1.807) is 10.9 Å². The van der Waals surface area contributed by atoms with E-state index in [4.69, 9.17) is 0 Å². The molecular formula is C25H23F2N5. The Bertz CT molecular complexity index is 1230. The van der Waals surface area contributed by atoms with E-state index in [-0.39, 0.29) is 6.04 Å². The van der Waals surface area contributed by atoms with Crippen LogP contribution in [0.5, 0.6) is 0 Å². The Morgan fingerprint density at radius 3 is 2.53 bits per heavy atom. The standard InChI is InChI=1S/C25H23F2N5/c1-16-5-2-3-6-21(16)25-29-13-17(14-30-25)12-28-23-7-4-8-24-22(23)15-31-32(24)20-10-18(26)9-19(27)11-20/h2-3,5-6,9-11,13-15,23,28H,4,7-8,12H2,1H3. The average molecular weight is 431 g/mol. The summed E-state index contributed by atoms with van der Waals surface area (Å²) in [6.45, 7) is 2.67. The number of halogens is 2. The molecule has 7 heteroatoms. The number of fused-ring (bicyclic) bond motifs is 1. The van der Waals surface area contributed by atoms with E-state index in [2.05, 4.69) is 20.4 Å². The monoisotopic (exact) mass is 431 g/mol. The molecule has 2 aromatic carbocycles. The van der Waals surface area contributed by atoms with E-state index in [9.17, 15) is 8.78 Å². The second-order valence-electron chi connectivity index (χ2n) is 8.14. The number of nitrogens with zero attached hydrogens (tertiary/aromatic N) is 4. The normalized spacial score (nSPS) is 15.5. The van der Waals surface area contributed by atoms with Crippen LogP contribution in [0.2, 0.25) is 0 Å². The predicted octanol–water partition coefficient (Wildman–Crippen LogP) is 5.08. The fraction of sp³-hybridized carbons (Fsp3) is 0.240. The highest BCUT2D eigenvalue weighted by Crippen LogP contribution is 2.31. The van der Waals surface area contributed by atoms with Gasteiger partial charge in [-0.2, -0.15) is 5.10 Å². The highest BCUT2D eigenvalue weighted by molar-refractivity contribution is 5.59. The molecule has 0 saturated carbocycles. The molecule has 1 aliphatic rings. The molecular weight excluding hydrogens is 408 g/mol. The van der Waals surface area contributed by atoms with E-state index in [1.165, 1.54) is 12.1 Å². The number of aryl methyl sites for hydroxylation is 1. The molecule has 0 bridgehead atoms. The Morgan fingerprint density at radius 1 is 1.03 bits per heavy atom. The summed E-state index contributed by atoms with van der Waals surface area (Å²) in [5, 5.41) is 8.00. The van der Waals surface area contributed by atoms with Crippen LogP contribution in [0.15, 0.2) is 61.1 Å². The number of aromatic nitrogens is 4. The third kappa shape index (κ3) is 4.03. The Morgan fingerprint density at radius 2 is 1.78 bits per heavy atom. The third-order valence-electron chi connectivity index (χ3n) is 5.92. The lowest BCUT2D eigenvalue weighted by molar-refractivity contribution is 0.454. The molecule has 32 heavy (non-hydrogen) atoms. The van der Waals surface area contributed by atoms with Crippen LogP contribution in [0.1, 0.15) is 41.3 Å². The lowest BCUT2D eigenvalue weighted by atomic mass is 9.92. The van der Waals surface area contributed by atoms with Crippen LogP contribution in [0.3, 0.4) is 0 Å². The van der Waals surface area contributed by atoms with E-state index in [0.29, 0.717) is 12.2 Å². The maximum Gasteiger partial charge on any atom is 0.159 e. The van der Waals surface area contributed by atoms with E-state index < -0.39 is 11.6 Å². The summed E-state index contributed by atoms with van der Waals surface area (Å²) in [5.74, 6) is -0.497. The maximum atomic E-state index is 13.7. The number of hydrogen-bond acceptors (Lipinski definition) is 4. The molecule has 2 aromatic heterocycles. The van der Waals surface area contributed by atoms with Crippen LogP contribution >= 0.6 is 0 Å². The maximum absolute atomic E-state index is 13.7. The van der Waals surface area contributed by atoms with Gasteiger partial charge in [0, 0.05) is 53.4 Å². The third-order valence-corrected chi connectivity index (χ3v) is 5.92. The summed E-state index contributed by atoms with van der Waals surface area (Å²) in [4.78, 5) is 9.08. The molecule has 0 amide bonds. The average Bonchev–Trinajstić information content (AvgIpc) is 3.23. The van der Waals surface area contributed by atoms with Crippen molar-refractivity contribution in [2.45, 2.75) is 38.8 Å². The van der Waals surface area contributed by atoms with Crippen LogP contribution in [0.4, 0.5) is 8.78 Å². The first-order valence-electron chi connectivity index (χ1n) is 10.7. The molecule has 0 aliphatic heterocycles. The Balaban J connectivity index is 1.32. The van der Waals surface area contributed by atoms with Crippen LogP contribution in [0, 0.1) is 18.6 Å². The van der Waals surface area contributed by atoms with Gasteiger partial charge < -0.3 is 5.32 Å². The van der Waals surface area contributed by atoms with Gasteiger partial charge in [0.25, 0.3) is 0 Å². The molecule has 1 N–H and O–H groups in total. The van der Waals surface area contributed by atoms with Crippen LogP contribution < -0.4 is 5.32 Å². The highest BCUT2D eigenvalue weighted by atomic mass is 19.1. The van der Waals surface area contributed by atoms with Gasteiger partial charge in [0.1, 0.15) is 11.6 Å². The van der Waals surface area contributed by atoms with Gasteiger partial charge in [0.05, 0.1) is 11.9 Å². The van der Waals surface area contributed by atoms with Crippen molar-refractivity contribution >= 4 is 0 Å². The molecule has 162 valence electrons. The molecule has 5 rings (SSSR count). The quantitative estimate of drug-likeness (QED) is 0.479. The first-order chi connectivity index (χ1) is 15.6. The fourth-order valence-electron chi connectivity index (χ4n) is 4.30. The minimum Gasteiger partial charge on any atom is -0.306 e. The Hall–Kier alpha value is -3.45. The van der Waals surface area contributed by atoms with Crippen molar-refractivity contribution in [2.24, 2.45) is 0 Å². The minimum absolute atomic E-state index is 0.113. The van der Waals surface area contributed by atoms with Gasteiger partial charge in [-0.3, -0.25) is 0 Å². The number of benzene rings is 2. The van der Waals surface area contributed by atoms with Crippen molar-refractivity contribution in [2.75, 3.05) is 0 Å². The number of hydrogen-bond donors (Lipinski definition) is 1. The minimum atomic E-state index is -0.608. The van der Waals surface area contributed by atoms with Crippen LogP contribution in [0.25, 0.3) is 17.1 Å². The van der Waals surface area contributed by atoms with Crippen molar-refractivity contribution in [3.05, 3.63) is 95.1 Å². The summed E-state index contributed by atoms with van der Waals surface area (Å²) >= 11 is 0. The van der Waals surface area contributed by atoms with Gasteiger partial charge in [-0.25, -0.2) is 23.4 Å². The smallest absolute Gasteiger partial charge is 0.159 e. The second kappa shape index (κ2) is 8.59. The number of rotatable bonds is 5. The Kier molecular flexibility index (Phi) is 5.49. The van der Waals surface area contributed by atoms with E-state index >= 15 is 0 Å². The van der Waals surface area contributed by atoms with Gasteiger partial charge in [-0.1, -0.05) is 24.3 Å². The van der Waals surface area contributed by atoms with E-state index in [0.717, 1.165) is 59.1 Å². The lowest BCUT2D eigenvalue weighted by Gasteiger charge is -2.24. The summed E-state index contributed by atoms with van der Waals surface area (Å²) < 4.78 is 29.0. The zero-order valence-electron chi connectivity index (χ0n) is 17.7. The molecule has 0 fully saturated rings. The van der Waals surface area contributed by atoms with Gasteiger partial charge in [-0.05, 0) is 43.9 Å². The zero-order chi connectivity index (χ0) is 22.1. The molecule has 4 aromatic rings. The Labute approximate surface area is 185 Å². The summed E-state index contributed by atoms with van der Waals surface area (Å²) in [5.41, 5.74) is 5.63. The van der Waals surface area contributed by atoms with Crippen molar-refractivity contribution in [3.63, 3.8) is 0 Å². The highest BCUT2D eigenvalue weighted by Gasteiger charge is 2.25. The predicted molar refractivity (Wildman–Crippen MR) is 118 cm³/mol. The van der Waals surface area contributed by atoms with Gasteiger partial charge >= 0.3 is 0 Å². The molecule has 0 saturated heterocycles.